The molecule has 6 heteroatoms. The molecular formula is C14H19N5O. The van der Waals surface area contributed by atoms with Crippen molar-refractivity contribution in [3.8, 4) is 0 Å². The minimum absolute atomic E-state index is 0.0588. The average Bonchev–Trinajstić information content (AvgIpc) is 2.78. The van der Waals surface area contributed by atoms with Gasteiger partial charge in [0.2, 0.25) is 0 Å². The van der Waals surface area contributed by atoms with Gasteiger partial charge in [-0.1, -0.05) is 0 Å². The topological polar surface area (TPSA) is 64.7 Å². The summed E-state index contributed by atoms with van der Waals surface area (Å²) < 4.78 is 3.32. The van der Waals surface area contributed by atoms with Gasteiger partial charge in [0.25, 0.3) is 5.56 Å². The van der Waals surface area contributed by atoms with Gasteiger partial charge in [0.15, 0.2) is 0 Å². The van der Waals surface area contributed by atoms with Crippen molar-refractivity contribution < 1.29 is 0 Å². The van der Waals surface area contributed by atoms with Crippen LogP contribution in [-0.4, -0.2) is 25.6 Å². The molecule has 20 heavy (non-hydrogen) atoms. The molecule has 0 unspecified atom stereocenters. The predicted octanol–water partition coefficient (Wildman–Crippen LogP) is 1.18. The maximum atomic E-state index is 12.0. The monoisotopic (exact) mass is 273 g/mol. The minimum atomic E-state index is -0.0588. The van der Waals surface area contributed by atoms with Crippen LogP contribution in [0.2, 0.25) is 0 Å². The summed E-state index contributed by atoms with van der Waals surface area (Å²) in [5.74, 6) is 0. The van der Waals surface area contributed by atoms with E-state index in [1.807, 2.05) is 17.8 Å². The fourth-order valence-corrected chi connectivity index (χ4v) is 2.34. The van der Waals surface area contributed by atoms with Gasteiger partial charge >= 0.3 is 0 Å². The van der Waals surface area contributed by atoms with Crippen LogP contribution in [0.25, 0.3) is 0 Å². The van der Waals surface area contributed by atoms with Crippen LogP contribution in [0, 0.1) is 0 Å². The second kappa shape index (κ2) is 5.48. The van der Waals surface area contributed by atoms with Crippen molar-refractivity contribution in [2.75, 3.05) is 5.32 Å². The lowest BCUT2D eigenvalue weighted by Gasteiger charge is -2.27. The van der Waals surface area contributed by atoms with Gasteiger partial charge in [-0.25, -0.2) is 4.68 Å². The number of nitrogens with zero attached hydrogens (tertiary/aromatic N) is 4. The van der Waals surface area contributed by atoms with E-state index < -0.39 is 0 Å². The van der Waals surface area contributed by atoms with Crippen LogP contribution in [0.5, 0.6) is 0 Å². The Kier molecular flexibility index (Phi) is 3.54. The minimum Gasteiger partial charge on any atom is -0.381 e. The van der Waals surface area contributed by atoms with Crippen LogP contribution in [0.1, 0.15) is 25.0 Å². The highest BCUT2D eigenvalue weighted by atomic mass is 16.1. The summed E-state index contributed by atoms with van der Waals surface area (Å²) in [6.07, 6.45) is 7.89. The number of anilines is 1. The molecule has 0 atom stereocenters. The van der Waals surface area contributed by atoms with Crippen molar-refractivity contribution in [2.24, 2.45) is 7.05 Å². The molecule has 0 bridgehead atoms. The lowest BCUT2D eigenvalue weighted by Crippen LogP contribution is -2.29. The van der Waals surface area contributed by atoms with Gasteiger partial charge in [0.1, 0.15) is 0 Å². The van der Waals surface area contributed by atoms with Gasteiger partial charge in [0.05, 0.1) is 18.4 Å². The van der Waals surface area contributed by atoms with Gasteiger partial charge in [-0.2, -0.15) is 10.2 Å². The number of hydrogen-bond acceptors (Lipinski definition) is 4. The first-order valence-corrected chi connectivity index (χ1v) is 7.03. The summed E-state index contributed by atoms with van der Waals surface area (Å²) in [5.41, 5.74) is 1.86. The zero-order chi connectivity index (χ0) is 13.9. The molecule has 1 aliphatic rings. The number of rotatable bonds is 5. The highest BCUT2D eigenvalue weighted by molar-refractivity contribution is 5.40. The lowest BCUT2D eigenvalue weighted by molar-refractivity contribution is 0.445. The van der Waals surface area contributed by atoms with Crippen molar-refractivity contribution in [3.05, 3.63) is 40.6 Å². The first-order chi connectivity index (χ1) is 9.72. The summed E-state index contributed by atoms with van der Waals surface area (Å²) in [6, 6.07) is 4.10. The number of hydrogen-bond donors (Lipinski definition) is 1. The number of aryl methyl sites for hydroxylation is 3. The molecule has 0 amide bonds. The Morgan fingerprint density at radius 1 is 1.40 bits per heavy atom. The smallest absolute Gasteiger partial charge is 0.268 e. The van der Waals surface area contributed by atoms with Crippen LogP contribution in [-0.2, 0) is 20.0 Å². The summed E-state index contributed by atoms with van der Waals surface area (Å²) in [7, 11) is 1.90. The third kappa shape index (κ3) is 2.74. The number of aromatic nitrogens is 4. The SMILES string of the molecule is Cn1nccc1CCn1ncc(NC2CCC2)cc1=O. The van der Waals surface area contributed by atoms with Crippen LogP contribution in [0.4, 0.5) is 5.69 Å². The average molecular weight is 273 g/mol. The zero-order valence-electron chi connectivity index (χ0n) is 11.6. The second-order valence-electron chi connectivity index (χ2n) is 5.27. The molecule has 6 nitrogen and oxygen atoms in total. The Morgan fingerprint density at radius 2 is 2.25 bits per heavy atom. The first kappa shape index (κ1) is 12.9. The maximum absolute atomic E-state index is 12.0. The van der Waals surface area contributed by atoms with Gasteiger partial charge in [-0.15, -0.1) is 0 Å². The number of nitrogens with one attached hydrogen (secondary N) is 1. The Hall–Kier alpha value is -2.11. The Labute approximate surface area is 117 Å². The van der Waals surface area contributed by atoms with E-state index in [-0.39, 0.29) is 5.56 Å². The van der Waals surface area contributed by atoms with E-state index >= 15 is 0 Å². The molecule has 0 aliphatic heterocycles. The molecule has 1 aliphatic carbocycles. The van der Waals surface area contributed by atoms with Crippen molar-refractivity contribution in [1.29, 1.82) is 0 Å². The second-order valence-corrected chi connectivity index (χ2v) is 5.27. The Morgan fingerprint density at radius 3 is 2.85 bits per heavy atom. The summed E-state index contributed by atoms with van der Waals surface area (Å²) in [5, 5.41) is 11.7. The summed E-state index contributed by atoms with van der Waals surface area (Å²) in [6.45, 7) is 0.572. The van der Waals surface area contributed by atoms with Crippen molar-refractivity contribution in [1.82, 2.24) is 19.6 Å². The predicted molar refractivity (Wildman–Crippen MR) is 76.7 cm³/mol. The van der Waals surface area contributed by atoms with E-state index in [4.69, 9.17) is 0 Å². The van der Waals surface area contributed by atoms with Gasteiger partial charge in [-0.3, -0.25) is 9.48 Å². The van der Waals surface area contributed by atoms with Crippen LogP contribution >= 0.6 is 0 Å². The van der Waals surface area contributed by atoms with Crippen LogP contribution < -0.4 is 10.9 Å². The van der Waals surface area contributed by atoms with Crippen molar-refractivity contribution >= 4 is 5.69 Å². The molecule has 0 aromatic carbocycles. The summed E-state index contributed by atoms with van der Waals surface area (Å²) >= 11 is 0. The highest BCUT2D eigenvalue weighted by Crippen LogP contribution is 2.21. The van der Waals surface area contributed by atoms with Crippen LogP contribution in [0.3, 0.4) is 0 Å². The van der Waals surface area contributed by atoms with E-state index in [9.17, 15) is 4.79 Å². The maximum Gasteiger partial charge on any atom is 0.268 e. The third-order valence-corrected chi connectivity index (χ3v) is 3.85. The van der Waals surface area contributed by atoms with E-state index in [0.717, 1.165) is 17.8 Å². The van der Waals surface area contributed by atoms with Crippen molar-refractivity contribution in [3.63, 3.8) is 0 Å². The van der Waals surface area contributed by atoms with Crippen LogP contribution in [0.15, 0.2) is 29.3 Å². The molecule has 1 fully saturated rings. The molecule has 2 heterocycles. The van der Waals surface area contributed by atoms with E-state index in [0.29, 0.717) is 12.6 Å². The van der Waals surface area contributed by atoms with E-state index in [1.54, 1.807) is 18.5 Å². The normalized spacial score (nSPS) is 15.1. The molecule has 3 rings (SSSR count). The standard InChI is InChI=1S/C14H19N5O/c1-18-13(5-7-15-18)6-8-19-14(20)9-12(10-16-19)17-11-3-2-4-11/h5,7,9-11,17H,2-4,6,8H2,1H3. The molecular weight excluding hydrogens is 254 g/mol. The Balaban J connectivity index is 1.64. The van der Waals surface area contributed by atoms with E-state index in [1.165, 1.54) is 23.9 Å². The zero-order valence-corrected chi connectivity index (χ0v) is 11.6. The first-order valence-electron chi connectivity index (χ1n) is 7.03. The molecule has 1 saturated carbocycles. The molecule has 0 spiro atoms. The largest absolute Gasteiger partial charge is 0.381 e. The van der Waals surface area contributed by atoms with Gasteiger partial charge in [-0.05, 0) is 25.3 Å². The lowest BCUT2D eigenvalue weighted by atomic mass is 9.93. The molecule has 1 N–H and O–H groups in total. The molecule has 0 saturated heterocycles. The fourth-order valence-electron chi connectivity index (χ4n) is 2.34. The van der Waals surface area contributed by atoms with Gasteiger partial charge < -0.3 is 5.32 Å². The molecule has 0 radical (unpaired) electrons. The highest BCUT2D eigenvalue weighted by Gasteiger charge is 2.17. The third-order valence-electron chi connectivity index (χ3n) is 3.85. The van der Waals surface area contributed by atoms with E-state index in [2.05, 4.69) is 15.5 Å². The quantitative estimate of drug-likeness (QED) is 0.888. The van der Waals surface area contributed by atoms with Crippen molar-refractivity contribution in [2.45, 2.75) is 38.3 Å². The summed E-state index contributed by atoms with van der Waals surface area (Å²) in [4.78, 5) is 12.0. The molecule has 2 aromatic rings. The molecule has 2 aromatic heterocycles. The Bertz CT molecular complexity index is 641. The van der Waals surface area contributed by atoms with Gasteiger partial charge in [0, 0.05) is 37.5 Å². The fraction of sp³-hybridized carbons (Fsp3) is 0.500. The molecule has 106 valence electrons.